The van der Waals surface area contributed by atoms with Gasteiger partial charge in [0.25, 0.3) is 5.91 Å². The van der Waals surface area contributed by atoms with E-state index in [2.05, 4.69) is 15.3 Å². The zero-order valence-electron chi connectivity index (χ0n) is 10.9. The Kier molecular flexibility index (Phi) is 2.87. The number of nitrogens with one attached hydrogen (secondary N) is 3. The fourth-order valence-corrected chi connectivity index (χ4v) is 2.10. The van der Waals surface area contributed by atoms with Gasteiger partial charge in [-0.05, 0) is 42.8 Å². The predicted molar refractivity (Wildman–Crippen MR) is 78.1 cm³/mol. The van der Waals surface area contributed by atoms with Crippen LogP contribution in [0.1, 0.15) is 15.9 Å². The van der Waals surface area contributed by atoms with Gasteiger partial charge in [0, 0.05) is 11.3 Å². The lowest BCUT2D eigenvalue weighted by atomic mass is 10.1. The van der Waals surface area contributed by atoms with Crippen molar-refractivity contribution in [3.05, 3.63) is 64.1 Å². The van der Waals surface area contributed by atoms with Gasteiger partial charge in [0.2, 0.25) is 0 Å². The zero-order chi connectivity index (χ0) is 14.1. The molecule has 3 N–H and O–H groups in total. The Hall–Kier alpha value is -2.82. The van der Waals surface area contributed by atoms with Gasteiger partial charge in [-0.25, -0.2) is 4.79 Å². The highest BCUT2D eigenvalue weighted by molar-refractivity contribution is 6.05. The van der Waals surface area contributed by atoms with Crippen LogP contribution in [-0.4, -0.2) is 15.9 Å². The number of aromatic amines is 2. The van der Waals surface area contributed by atoms with Crippen LogP contribution in [0.3, 0.4) is 0 Å². The van der Waals surface area contributed by atoms with Crippen LogP contribution < -0.4 is 11.0 Å². The topological polar surface area (TPSA) is 77.8 Å². The number of rotatable bonds is 2. The van der Waals surface area contributed by atoms with E-state index in [4.69, 9.17) is 0 Å². The minimum Gasteiger partial charge on any atom is -0.322 e. The van der Waals surface area contributed by atoms with Crippen molar-refractivity contribution in [2.24, 2.45) is 0 Å². The molecule has 3 aromatic rings. The molecule has 0 saturated heterocycles. The third-order valence-corrected chi connectivity index (χ3v) is 3.05. The SMILES string of the molecule is Cc1cccc(NC(=O)c2ccc3[nH]c(=O)[nH]c3c2)c1. The highest BCUT2D eigenvalue weighted by atomic mass is 16.2. The average molecular weight is 267 g/mol. The van der Waals surface area contributed by atoms with Gasteiger partial charge in [0.05, 0.1) is 11.0 Å². The van der Waals surface area contributed by atoms with Crippen molar-refractivity contribution in [2.75, 3.05) is 5.32 Å². The van der Waals surface area contributed by atoms with E-state index in [1.54, 1.807) is 18.2 Å². The molecule has 0 spiro atoms. The Bertz CT molecular complexity index is 845. The summed E-state index contributed by atoms with van der Waals surface area (Å²) in [6.07, 6.45) is 0. The molecule has 0 unspecified atom stereocenters. The van der Waals surface area contributed by atoms with Crippen LogP contribution in [0.5, 0.6) is 0 Å². The molecule has 0 bridgehead atoms. The van der Waals surface area contributed by atoms with Gasteiger partial charge in [-0.3, -0.25) is 4.79 Å². The monoisotopic (exact) mass is 267 g/mol. The first-order valence-corrected chi connectivity index (χ1v) is 6.22. The molecule has 0 radical (unpaired) electrons. The first-order valence-electron chi connectivity index (χ1n) is 6.22. The maximum absolute atomic E-state index is 12.2. The number of hydrogen-bond donors (Lipinski definition) is 3. The van der Waals surface area contributed by atoms with E-state index < -0.39 is 0 Å². The van der Waals surface area contributed by atoms with Gasteiger partial charge in [0.1, 0.15) is 0 Å². The number of imidazole rings is 1. The van der Waals surface area contributed by atoms with Crippen molar-refractivity contribution < 1.29 is 4.79 Å². The van der Waals surface area contributed by atoms with E-state index in [0.29, 0.717) is 16.6 Å². The minimum absolute atomic E-state index is 0.209. The number of carbonyl (C=O) groups excluding carboxylic acids is 1. The molecule has 1 heterocycles. The third-order valence-electron chi connectivity index (χ3n) is 3.05. The van der Waals surface area contributed by atoms with E-state index in [1.165, 1.54) is 0 Å². The standard InChI is InChI=1S/C15H13N3O2/c1-9-3-2-4-11(7-9)16-14(19)10-5-6-12-13(8-10)18-15(20)17-12/h2-8H,1H3,(H,16,19)(H2,17,18,20). The lowest BCUT2D eigenvalue weighted by Crippen LogP contribution is -2.11. The molecular formula is C15H13N3O2. The smallest absolute Gasteiger partial charge is 0.322 e. The molecule has 5 heteroatoms. The van der Waals surface area contributed by atoms with E-state index in [0.717, 1.165) is 11.3 Å². The summed E-state index contributed by atoms with van der Waals surface area (Å²) in [7, 11) is 0. The van der Waals surface area contributed by atoms with Crippen LogP contribution in [0.15, 0.2) is 47.3 Å². The van der Waals surface area contributed by atoms with Gasteiger partial charge in [-0.15, -0.1) is 0 Å². The van der Waals surface area contributed by atoms with E-state index >= 15 is 0 Å². The molecule has 0 fully saturated rings. The van der Waals surface area contributed by atoms with Crippen molar-refractivity contribution in [2.45, 2.75) is 6.92 Å². The van der Waals surface area contributed by atoms with Crippen LogP contribution in [0.4, 0.5) is 5.69 Å². The molecule has 0 aliphatic carbocycles. The molecule has 0 aliphatic rings. The summed E-state index contributed by atoms with van der Waals surface area (Å²) in [6.45, 7) is 1.96. The molecule has 0 aliphatic heterocycles. The summed E-state index contributed by atoms with van der Waals surface area (Å²) in [6, 6.07) is 12.6. The predicted octanol–water partition coefficient (Wildman–Crippen LogP) is 2.42. The van der Waals surface area contributed by atoms with Crippen LogP contribution in [0.2, 0.25) is 0 Å². The molecule has 0 saturated carbocycles. The maximum atomic E-state index is 12.2. The van der Waals surface area contributed by atoms with E-state index in [-0.39, 0.29) is 11.6 Å². The number of aromatic nitrogens is 2. The first kappa shape index (κ1) is 12.2. The second kappa shape index (κ2) is 4.70. The molecule has 100 valence electrons. The number of aryl methyl sites for hydroxylation is 1. The number of hydrogen-bond acceptors (Lipinski definition) is 2. The van der Waals surface area contributed by atoms with E-state index in [1.807, 2.05) is 31.2 Å². The summed E-state index contributed by atoms with van der Waals surface area (Å²) in [4.78, 5) is 28.6. The Morgan fingerprint density at radius 1 is 1.05 bits per heavy atom. The number of anilines is 1. The Morgan fingerprint density at radius 3 is 2.65 bits per heavy atom. The molecule has 20 heavy (non-hydrogen) atoms. The van der Waals surface area contributed by atoms with Crippen molar-refractivity contribution in [1.29, 1.82) is 0 Å². The van der Waals surface area contributed by atoms with Crippen LogP contribution in [0.25, 0.3) is 11.0 Å². The minimum atomic E-state index is -0.281. The largest absolute Gasteiger partial charge is 0.323 e. The number of H-pyrrole nitrogens is 2. The van der Waals surface area contributed by atoms with Crippen LogP contribution in [-0.2, 0) is 0 Å². The quantitative estimate of drug-likeness (QED) is 0.666. The summed E-state index contributed by atoms with van der Waals surface area (Å²) in [5, 5.41) is 2.83. The van der Waals surface area contributed by atoms with Gasteiger partial charge in [-0.1, -0.05) is 12.1 Å². The zero-order valence-corrected chi connectivity index (χ0v) is 10.9. The van der Waals surface area contributed by atoms with E-state index in [9.17, 15) is 9.59 Å². The average Bonchev–Trinajstić information content (AvgIpc) is 2.77. The lowest BCUT2D eigenvalue weighted by molar-refractivity contribution is 0.102. The second-order valence-corrected chi connectivity index (χ2v) is 4.66. The number of carbonyl (C=O) groups is 1. The third kappa shape index (κ3) is 2.33. The molecule has 0 atom stereocenters. The van der Waals surface area contributed by atoms with Crippen molar-refractivity contribution in [3.8, 4) is 0 Å². The molecule has 3 rings (SSSR count). The van der Waals surface area contributed by atoms with Crippen LogP contribution >= 0.6 is 0 Å². The summed E-state index contributed by atoms with van der Waals surface area (Å²) in [5.41, 5.74) is 3.34. The Balaban J connectivity index is 1.90. The van der Waals surface area contributed by atoms with Gasteiger partial charge < -0.3 is 15.3 Å². The van der Waals surface area contributed by atoms with Gasteiger partial charge in [0.15, 0.2) is 0 Å². The summed E-state index contributed by atoms with van der Waals surface area (Å²) < 4.78 is 0. The van der Waals surface area contributed by atoms with Gasteiger partial charge >= 0.3 is 5.69 Å². The summed E-state index contributed by atoms with van der Waals surface area (Å²) in [5.74, 6) is -0.209. The number of benzene rings is 2. The molecule has 2 aromatic carbocycles. The second-order valence-electron chi connectivity index (χ2n) is 4.66. The van der Waals surface area contributed by atoms with Crippen molar-refractivity contribution >= 4 is 22.6 Å². The molecule has 1 aromatic heterocycles. The fourth-order valence-electron chi connectivity index (χ4n) is 2.10. The highest BCUT2D eigenvalue weighted by Gasteiger charge is 2.08. The van der Waals surface area contributed by atoms with Gasteiger partial charge in [-0.2, -0.15) is 0 Å². The number of amides is 1. The van der Waals surface area contributed by atoms with Crippen molar-refractivity contribution in [1.82, 2.24) is 9.97 Å². The van der Waals surface area contributed by atoms with Crippen molar-refractivity contribution in [3.63, 3.8) is 0 Å². The molecule has 5 nitrogen and oxygen atoms in total. The normalized spacial score (nSPS) is 10.7. The molecule has 1 amide bonds. The first-order chi connectivity index (χ1) is 9.61. The fraction of sp³-hybridized carbons (Fsp3) is 0.0667. The Morgan fingerprint density at radius 2 is 1.85 bits per heavy atom. The summed E-state index contributed by atoms with van der Waals surface area (Å²) >= 11 is 0. The lowest BCUT2D eigenvalue weighted by Gasteiger charge is -2.06. The van der Waals surface area contributed by atoms with Crippen LogP contribution in [0, 0.1) is 6.92 Å². The highest BCUT2D eigenvalue weighted by Crippen LogP contribution is 2.14. The molecular weight excluding hydrogens is 254 g/mol. The maximum Gasteiger partial charge on any atom is 0.323 e. The Labute approximate surface area is 114 Å². The number of fused-ring (bicyclic) bond motifs is 1.